The number of nitro benzene ring substituents is 1. The van der Waals surface area contributed by atoms with E-state index < -0.39 is 0 Å². The molecule has 1 atom stereocenters. The normalized spacial score (nSPS) is 12.8. The fourth-order valence-electron chi connectivity index (χ4n) is 1.61. The van der Waals surface area contributed by atoms with Crippen LogP contribution in [-0.4, -0.2) is 17.6 Å². The SMILES string of the molecule is CCCOc1cccc(NC(C)C(C)(C)C)c1[N+](=O)[O-]. The van der Waals surface area contributed by atoms with Gasteiger partial charge in [-0.2, -0.15) is 0 Å². The Hall–Kier alpha value is -1.78. The lowest BCUT2D eigenvalue weighted by Crippen LogP contribution is -2.31. The molecule has 112 valence electrons. The minimum Gasteiger partial charge on any atom is -0.487 e. The summed E-state index contributed by atoms with van der Waals surface area (Å²) in [6.07, 6.45) is 0.813. The Labute approximate surface area is 120 Å². The molecule has 0 amide bonds. The first-order valence-corrected chi connectivity index (χ1v) is 6.94. The number of nitrogens with zero attached hydrogens (tertiary/aromatic N) is 1. The molecule has 5 heteroatoms. The number of para-hydroxylation sites is 1. The first-order chi connectivity index (χ1) is 9.27. The summed E-state index contributed by atoms with van der Waals surface area (Å²) in [6, 6.07) is 5.23. The Bertz CT molecular complexity index is 467. The monoisotopic (exact) mass is 280 g/mol. The molecule has 0 aliphatic heterocycles. The first kappa shape index (κ1) is 16.3. The third kappa shape index (κ3) is 4.11. The van der Waals surface area contributed by atoms with Crippen LogP contribution in [0, 0.1) is 15.5 Å². The van der Waals surface area contributed by atoms with Crippen molar-refractivity contribution in [3.8, 4) is 5.75 Å². The van der Waals surface area contributed by atoms with Gasteiger partial charge in [-0.15, -0.1) is 0 Å². The third-order valence-corrected chi connectivity index (χ3v) is 3.31. The van der Waals surface area contributed by atoms with Crippen LogP contribution in [0.4, 0.5) is 11.4 Å². The molecule has 0 aliphatic rings. The minimum atomic E-state index is -0.386. The molecule has 0 saturated carbocycles. The summed E-state index contributed by atoms with van der Waals surface area (Å²) in [5, 5.41) is 14.5. The smallest absolute Gasteiger partial charge is 0.333 e. The van der Waals surface area contributed by atoms with Gasteiger partial charge in [-0.05, 0) is 30.9 Å². The molecule has 5 nitrogen and oxygen atoms in total. The van der Waals surface area contributed by atoms with Gasteiger partial charge in [-0.1, -0.05) is 33.8 Å². The number of hydrogen-bond acceptors (Lipinski definition) is 4. The van der Waals surface area contributed by atoms with Crippen molar-refractivity contribution in [2.75, 3.05) is 11.9 Å². The van der Waals surface area contributed by atoms with Gasteiger partial charge >= 0.3 is 5.69 Å². The van der Waals surface area contributed by atoms with Crippen molar-refractivity contribution in [2.24, 2.45) is 5.41 Å². The van der Waals surface area contributed by atoms with Crippen molar-refractivity contribution in [3.05, 3.63) is 28.3 Å². The molecule has 0 aliphatic carbocycles. The molecule has 1 aromatic rings. The van der Waals surface area contributed by atoms with Crippen LogP contribution < -0.4 is 10.1 Å². The summed E-state index contributed by atoms with van der Waals surface area (Å²) in [4.78, 5) is 10.9. The number of nitrogens with one attached hydrogen (secondary N) is 1. The van der Waals surface area contributed by atoms with Crippen molar-refractivity contribution < 1.29 is 9.66 Å². The van der Waals surface area contributed by atoms with E-state index >= 15 is 0 Å². The van der Waals surface area contributed by atoms with Gasteiger partial charge in [0.2, 0.25) is 0 Å². The van der Waals surface area contributed by atoms with E-state index in [1.165, 1.54) is 0 Å². The van der Waals surface area contributed by atoms with E-state index in [1.54, 1.807) is 18.2 Å². The fourth-order valence-corrected chi connectivity index (χ4v) is 1.61. The van der Waals surface area contributed by atoms with E-state index in [1.807, 2.05) is 13.8 Å². The molecule has 1 N–H and O–H groups in total. The zero-order valence-electron chi connectivity index (χ0n) is 12.9. The van der Waals surface area contributed by atoms with Gasteiger partial charge < -0.3 is 10.1 Å². The van der Waals surface area contributed by atoms with E-state index in [0.717, 1.165) is 6.42 Å². The lowest BCUT2D eigenvalue weighted by molar-refractivity contribution is -0.385. The predicted molar refractivity (Wildman–Crippen MR) is 81.4 cm³/mol. The second kappa shape index (κ2) is 6.59. The standard InChI is InChI=1S/C15H24N2O3/c1-6-10-20-13-9-7-8-12(14(13)17(18)19)16-11(2)15(3,4)5/h7-9,11,16H,6,10H2,1-5H3. The summed E-state index contributed by atoms with van der Waals surface area (Å²) in [5.74, 6) is 0.322. The Balaban J connectivity index is 3.09. The highest BCUT2D eigenvalue weighted by molar-refractivity contribution is 5.68. The molecular formula is C15H24N2O3. The molecule has 0 radical (unpaired) electrons. The average molecular weight is 280 g/mol. The van der Waals surface area contributed by atoms with Crippen LogP contribution in [0.2, 0.25) is 0 Å². The average Bonchev–Trinajstić information content (AvgIpc) is 2.34. The van der Waals surface area contributed by atoms with Crippen LogP contribution in [0.5, 0.6) is 5.75 Å². The van der Waals surface area contributed by atoms with Crippen LogP contribution in [-0.2, 0) is 0 Å². The Morgan fingerprint density at radius 1 is 1.40 bits per heavy atom. The Morgan fingerprint density at radius 3 is 2.55 bits per heavy atom. The molecule has 0 saturated heterocycles. The first-order valence-electron chi connectivity index (χ1n) is 6.94. The molecule has 0 aromatic heterocycles. The summed E-state index contributed by atoms with van der Waals surface area (Å²) < 4.78 is 5.47. The second-order valence-electron chi connectivity index (χ2n) is 5.99. The number of nitro groups is 1. The van der Waals surface area contributed by atoms with Gasteiger partial charge in [0.25, 0.3) is 0 Å². The number of benzene rings is 1. The van der Waals surface area contributed by atoms with Crippen LogP contribution in [0.15, 0.2) is 18.2 Å². The van der Waals surface area contributed by atoms with Gasteiger partial charge in [0.1, 0.15) is 5.69 Å². The molecule has 1 aromatic carbocycles. The topological polar surface area (TPSA) is 64.4 Å². The largest absolute Gasteiger partial charge is 0.487 e. The van der Waals surface area contributed by atoms with Crippen molar-refractivity contribution in [1.29, 1.82) is 0 Å². The molecule has 0 heterocycles. The van der Waals surface area contributed by atoms with E-state index in [-0.39, 0.29) is 22.1 Å². The summed E-state index contributed by atoms with van der Waals surface area (Å²) >= 11 is 0. The number of rotatable bonds is 6. The Morgan fingerprint density at radius 2 is 2.05 bits per heavy atom. The van der Waals surface area contributed by atoms with E-state index in [2.05, 4.69) is 26.1 Å². The maximum Gasteiger partial charge on any atom is 0.333 e. The zero-order chi connectivity index (χ0) is 15.3. The van der Waals surface area contributed by atoms with Gasteiger partial charge in [-0.3, -0.25) is 10.1 Å². The van der Waals surface area contributed by atoms with Gasteiger partial charge in [0.05, 0.1) is 11.5 Å². The predicted octanol–water partition coefficient (Wildman–Crippen LogP) is 4.23. The van der Waals surface area contributed by atoms with Crippen LogP contribution >= 0.6 is 0 Å². The number of hydrogen-bond donors (Lipinski definition) is 1. The quantitative estimate of drug-likeness (QED) is 0.625. The van der Waals surface area contributed by atoms with E-state index in [0.29, 0.717) is 18.0 Å². The lowest BCUT2D eigenvalue weighted by atomic mass is 9.88. The highest BCUT2D eigenvalue weighted by Gasteiger charge is 2.26. The Kier molecular flexibility index (Phi) is 5.36. The fraction of sp³-hybridized carbons (Fsp3) is 0.600. The van der Waals surface area contributed by atoms with E-state index in [9.17, 15) is 10.1 Å². The molecule has 0 fully saturated rings. The maximum atomic E-state index is 11.3. The highest BCUT2D eigenvalue weighted by atomic mass is 16.6. The highest BCUT2D eigenvalue weighted by Crippen LogP contribution is 2.36. The van der Waals surface area contributed by atoms with Crippen LogP contribution in [0.25, 0.3) is 0 Å². The molecular weight excluding hydrogens is 256 g/mol. The van der Waals surface area contributed by atoms with Crippen molar-refractivity contribution in [2.45, 2.75) is 47.1 Å². The number of ether oxygens (including phenoxy) is 1. The van der Waals surface area contributed by atoms with Crippen molar-refractivity contribution >= 4 is 11.4 Å². The third-order valence-electron chi connectivity index (χ3n) is 3.31. The van der Waals surface area contributed by atoms with Crippen LogP contribution in [0.3, 0.4) is 0 Å². The van der Waals surface area contributed by atoms with Crippen molar-refractivity contribution in [3.63, 3.8) is 0 Å². The number of anilines is 1. The van der Waals surface area contributed by atoms with Gasteiger partial charge in [-0.25, -0.2) is 0 Å². The van der Waals surface area contributed by atoms with Gasteiger partial charge in [0.15, 0.2) is 5.75 Å². The molecule has 0 bridgehead atoms. The maximum absolute atomic E-state index is 11.3. The summed E-state index contributed by atoms with van der Waals surface area (Å²) in [6.45, 7) is 10.7. The zero-order valence-corrected chi connectivity index (χ0v) is 12.9. The molecule has 1 unspecified atom stereocenters. The minimum absolute atomic E-state index is 0.00808. The second-order valence-corrected chi connectivity index (χ2v) is 5.99. The van der Waals surface area contributed by atoms with Crippen molar-refractivity contribution in [1.82, 2.24) is 0 Å². The lowest BCUT2D eigenvalue weighted by Gasteiger charge is -2.29. The molecule has 1 rings (SSSR count). The summed E-state index contributed by atoms with van der Waals surface area (Å²) in [5.41, 5.74) is 0.525. The molecule has 20 heavy (non-hydrogen) atoms. The molecule has 0 spiro atoms. The van der Waals surface area contributed by atoms with Gasteiger partial charge in [0, 0.05) is 6.04 Å². The summed E-state index contributed by atoms with van der Waals surface area (Å²) in [7, 11) is 0. The van der Waals surface area contributed by atoms with Crippen LogP contribution in [0.1, 0.15) is 41.0 Å². The van der Waals surface area contributed by atoms with E-state index in [4.69, 9.17) is 4.74 Å².